The molecule has 17 heavy (non-hydrogen) atoms. The van der Waals surface area contributed by atoms with Gasteiger partial charge in [0, 0.05) is 11.9 Å². The van der Waals surface area contributed by atoms with Gasteiger partial charge in [-0.25, -0.2) is 0 Å². The Balaban J connectivity index is 2.99. The van der Waals surface area contributed by atoms with Crippen LogP contribution in [-0.4, -0.2) is 21.4 Å². The Hall–Kier alpha value is -2.37. The van der Waals surface area contributed by atoms with Crippen molar-refractivity contribution in [1.29, 1.82) is 0 Å². The van der Waals surface area contributed by atoms with Crippen LogP contribution in [0.3, 0.4) is 0 Å². The molecule has 0 amide bonds. The minimum absolute atomic E-state index is 0.201. The van der Waals surface area contributed by atoms with Crippen molar-refractivity contribution >= 4 is 16.6 Å². The summed E-state index contributed by atoms with van der Waals surface area (Å²) in [4.78, 5) is 14.5. The lowest BCUT2D eigenvalue weighted by Crippen LogP contribution is -2.14. The number of hydrogen-bond donors (Lipinski definition) is 1. The van der Waals surface area contributed by atoms with Crippen LogP contribution in [0.5, 0.6) is 0 Å². The minimum atomic E-state index is -0.548. The molecule has 0 unspecified atom stereocenters. The van der Waals surface area contributed by atoms with E-state index in [1.54, 1.807) is 31.2 Å². The molecule has 0 aliphatic rings. The SMILES string of the molecule is CCN=c1c([N+](=O)[O-])cn(O)c2ccccc12. The van der Waals surface area contributed by atoms with E-state index in [0.717, 1.165) is 10.9 Å². The van der Waals surface area contributed by atoms with Crippen LogP contribution in [0.25, 0.3) is 10.9 Å². The van der Waals surface area contributed by atoms with E-state index in [0.29, 0.717) is 22.8 Å². The van der Waals surface area contributed by atoms with Crippen LogP contribution in [0.2, 0.25) is 0 Å². The Labute approximate surface area is 96.6 Å². The fourth-order valence-electron chi connectivity index (χ4n) is 1.72. The Kier molecular flexibility index (Phi) is 2.78. The van der Waals surface area contributed by atoms with E-state index in [9.17, 15) is 15.3 Å². The zero-order chi connectivity index (χ0) is 12.4. The Morgan fingerprint density at radius 2 is 2.18 bits per heavy atom. The highest BCUT2D eigenvalue weighted by Crippen LogP contribution is 2.14. The highest BCUT2D eigenvalue weighted by molar-refractivity contribution is 5.80. The van der Waals surface area contributed by atoms with Gasteiger partial charge in [0.15, 0.2) is 0 Å². The molecule has 0 spiro atoms. The topological polar surface area (TPSA) is 80.7 Å². The van der Waals surface area contributed by atoms with Crippen LogP contribution in [0, 0.1) is 10.1 Å². The zero-order valence-corrected chi connectivity index (χ0v) is 9.20. The van der Waals surface area contributed by atoms with E-state index < -0.39 is 4.92 Å². The summed E-state index contributed by atoms with van der Waals surface area (Å²) in [5, 5.41) is 21.4. The van der Waals surface area contributed by atoms with E-state index >= 15 is 0 Å². The number of rotatable bonds is 2. The maximum Gasteiger partial charge on any atom is 0.314 e. The van der Waals surface area contributed by atoms with Crippen molar-refractivity contribution in [3.63, 3.8) is 0 Å². The minimum Gasteiger partial charge on any atom is -0.428 e. The van der Waals surface area contributed by atoms with Gasteiger partial charge in [-0.1, -0.05) is 18.2 Å². The van der Waals surface area contributed by atoms with E-state index in [1.807, 2.05) is 0 Å². The first kappa shape index (κ1) is 11.1. The Morgan fingerprint density at radius 1 is 1.47 bits per heavy atom. The molecule has 2 aromatic rings. The van der Waals surface area contributed by atoms with Crippen LogP contribution < -0.4 is 5.36 Å². The lowest BCUT2D eigenvalue weighted by molar-refractivity contribution is -0.386. The number of pyridine rings is 1. The standard InChI is InChI=1S/C11H11N3O3/c1-2-12-11-8-5-3-4-6-9(8)13(15)7-10(11)14(16)17/h3-7,15H,2H2,1H3. The van der Waals surface area contributed by atoms with Gasteiger partial charge in [0.25, 0.3) is 0 Å². The largest absolute Gasteiger partial charge is 0.428 e. The van der Waals surface area contributed by atoms with Gasteiger partial charge >= 0.3 is 5.69 Å². The third-order valence-corrected chi connectivity index (χ3v) is 2.41. The van der Waals surface area contributed by atoms with Crippen molar-refractivity contribution in [2.24, 2.45) is 4.99 Å². The van der Waals surface area contributed by atoms with Gasteiger partial charge < -0.3 is 5.21 Å². The van der Waals surface area contributed by atoms with Crippen LogP contribution in [0.4, 0.5) is 5.69 Å². The van der Waals surface area contributed by atoms with Crippen LogP contribution in [0.1, 0.15) is 6.92 Å². The summed E-state index contributed by atoms with van der Waals surface area (Å²) < 4.78 is 0.752. The maximum absolute atomic E-state index is 10.9. The van der Waals surface area contributed by atoms with Gasteiger partial charge in [0.05, 0.1) is 10.4 Å². The molecule has 1 aromatic carbocycles. The predicted molar refractivity (Wildman–Crippen MR) is 61.9 cm³/mol. The first-order valence-electron chi connectivity index (χ1n) is 5.13. The molecular weight excluding hydrogens is 222 g/mol. The summed E-state index contributed by atoms with van der Waals surface area (Å²) in [6, 6.07) is 6.87. The third-order valence-electron chi connectivity index (χ3n) is 2.41. The lowest BCUT2D eigenvalue weighted by atomic mass is 10.2. The van der Waals surface area contributed by atoms with Crippen molar-refractivity contribution in [3.8, 4) is 0 Å². The van der Waals surface area contributed by atoms with Gasteiger partial charge in [0.1, 0.15) is 11.6 Å². The maximum atomic E-state index is 10.9. The molecule has 2 rings (SSSR count). The van der Waals surface area contributed by atoms with Crippen molar-refractivity contribution < 1.29 is 10.1 Å². The van der Waals surface area contributed by atoms with Crippen molar-refractivity contribution in [1.82, 2.24) is 4.73 Å². The van der Waals surface area contributed by atoms with E-state index in [1.165, 1.54) is 0 Å². The van der Waals surface area contributed by atoms with Gasteiger partial charge in [-0.05, 0) is 13.0 Å². The van der Waals surface area contributed by atoms with E-state index in [4.69, 9.17) is 0 Å². The molecule has 0 bridgehead atoms. The number of benzene rings is 1. The third kappa shape index (κ3) is 1.84. The molecule has 1 aromatic heterocycles. The van der Waals surface area contributed by atoms with Crippen LogP contribution >= 0.6 is 0 Å². The fourth-order valence-corrected chi connectivity index (χ4v) is 1.72. The molecule has 6 nitrogen and oxygen atoms in total. The highest BCUT2D eigenvalue weighted by Gasteiger charge is 2.15. The number of para-hydroxylation sites is 1. The molecule has 0 fully saturated rings. The van der Waals surface area contributed by atoms with Crippen molar-refractivity contribution in [3.05, 3.63) is 45.9 Å². The first-order valence-corrected chi connectivity index (χ1v) is 5.13. The van der Waals surface area contributed by atoms with E-state index in [2.05, 4.69) is 4.99 Å². The number of nitrogens with zero attached hydrogens (tertiary/aromatic N) is 3. The van der Waals surface area contributed by atoms with Crippen molar-refractivity contribution in [2.45, 2.75) is 6.92 Å². The molecule has 0 atom stereocenters. The number of hydrogen-bond acceptors (Lipinski definition) is 4. The fraction of sp³-hybridized carbons (Fsp3) is 0.182. The normalized spacial score (nSPS) is 11.9. The zero-order valence-electron chi connectivity index (χ0n) is 9.20. The number of fused-ring (bicyclic) bond motifs is 1. The first-order chi connectivity index (χ1) is 8.15. The molecule has 0 saturated carbocycles. The average Bonchev–Trinajstić information content (AvgIpc) is 2.32. The molecule has 0 aliphatic carbocycles. The highest BCUT2D eigenvalue weighted by atomic mass is 16.6. The van der Waals surface area contributed by atoms with Gasteiger partial charge in [-0.15, -0.1) is 0 Å². The smallest absolute Gasteiger partial charge is 0.314 e. The van der Waals surface area contributed by atoms with Gasteiger partial charge in [0.2, 0.25) is 0 Å². The lowest BCUT2D eigenvalue weighted by Gasteiger charge is -2.04. The molecule has 1 N–H and O–H groups in total. The van der Waals surface area contributed by atoms with Gasteiger partial charge in [-0.2, -0.15) is 4.73 Å². The average molecular weight is 233 g/mol. The molecule has 0 saturated heterocycles. The summed E-state index contributed by atoms with van der Waals surface area (Å²) >= 11 is 0. The predicted octanol–water partition coefficient (Wildman–Crippen LogP) is 1.71. The summed E-state index contributed by atoms with van der Waals surface area (Å²) in [6.07, 6.45) is 1.07. The summed E-state index contributed by atoms with van der Waals surface area (Å²) in [6.45, 7) is 2.25. The van der Waals surface area contributed by atoms with E-state index in [-0.39, 0.29) is 5.69 Å². The second kappa shape index (κ2) is 4.25. The van der Waals surface area contributed by atoms with Gasteiger partial charge in [-0.3, -0.25) is 15.1 Å². The second-order valence-corrected chi connectivity index (χ2v) is 3.46. The summed E-state index contributed by atoms with van der Waals surface area (Å²) in [5.41, 5.74) is 0.290. The van der Waals surface area contributed by atoms with Crippen LogP contribution in [0.15, 0.2) is 35.5 Å². The Bertz CT molecular complexity index is 646. The van der Waals surface area contributed by atoms with Crippen molar-refractivity contribution in [2.75, 3.05) is 6.54 Å². The molecule has 1 heterocycles. The molecule has 0 radical (unpaired) electrons. The summed E-state index contributed by atoms with van der Waals surface area (Å²) in [7, 11) is 0. The molecule has 0 aliphatic heterocycles. The second-order valence-electron chi connectivity index (χ2n) is 3.46. The summed E-state index contributed by atoms with van der Waals surface area (Å²) in [5.74, 6) is 0. The number of nitro groups is 1. The number of aromatic nitrogens is 1. The molecule has 6 heteroatoms. The molecular formula is C11H11N3O3. The molecule has 88 valence electrons. The quantitative estimate of drug-likeness (QED) is 0.487. The Morgan fingerprint density at radius 3 is 2.82 bits per heavy atom. The van der Waals surface area contributed by atoms with Crippen LogP contribution in [-0.2, 0) is 0 Å². The monoisotopic (exact) mass is 233 g/mol.